The summed E-state index contributed by atoms with van der Waals surface area (Å²) in [6.07, 6.45) is 9.16. The van der Waals surface area contributed by atoms with E-state index in [-0.39, 0.29) is 29.9 Å². The number of benzene rings is 1. The highest BCUT2D eigenvalue weighted by Gasteiger charge is 2.14. The molecule has 3 rings (SSSR count). The van der Waals surface area contributed by atoms with Crippen molar-refractivity contribution in [2.45, 2.75) is 45.1 Å². The molecule has 2 N–H and O–H groups in total. The van der Waals surface area contributed by atoms with Crippen molar-refractivity contribution in [1.82, 2.24) is 15.5 Å². The van der Waals surface area contributed by atoms with Crippen molar-refractivity contribution in [2.24, 2.45) is 10.9 Å². The number of carbonyl (C=O) groups excluding carboxylic acids is 1. The lowest BCUT2D eigenvalue weighted by Crippen LogP contribution is -2.41. The van der Waals surface area contributed by atoms with Crippen LogP contribution in [0.5, 0.6) is 0 Å². The smallest absolute Gasteiger partial charge is 0.253 e. The van der Waals surface area contributed by atoms with Crippen LogP contribution in [0.2, 0.25) is 0 Å². The zero-order valence-corrected chi connectivity index (χ0v) is 20.9. The lowest BCUT2D eigenvalue weighted by molar-refractivity contribution is 0.0827. The zero-order chi connectivity index (χ0) is 21.2. The Morgan fingerprint density at radius 1 is 1.10 bits per heavy atom. The number of hydrogen-bond acceptors (Lipinski definition) is 3. The molecule has 1 fully saturated rings. The second kappa shape index (κ2) is 13.4. The first kappa shape index (κ1) is 25.2. The molecular weight excluding hydrogens is 503 g/mol. The van der Waals surface area contributed by atoms with Crippen LogP contribution in [0.25, 0.3) is 0 Å². The normalized spacial score (nSPS) is 14.6. The first-order chi connectivity index (χ1) is 14.6. The van der Waals surface area contributed by atoms with Gasteiger partial charge in [0.15, 0.2) is 5.96 Å². The number of hydrogen-bond donors (Lipinski definition) is 2. The molecule has 0 radical (unpaired) electrons. The number of halogens is 1. The summed E-state index contributed by atoms with van der Waals surface area (Å²) in [5.41, 5.74) is 1.77. The van der Waals surface area contributed by atoms with Crippen molar-refractivity contribution in [3.05, 3.63) is 59.5 Å². The Balaban J connectivity index is 0.00000341. The van der Waals surface area contributed by atoms with E-state index < -0.39 is 0 Å². The van der Waals surface area contributed by atoms with Gasteiger partial charge in [0.25, 0.3) is 5.91 Å². The number of aliphatic imine (C=N–C) groups is 1. The second-order valence-corrected chi connectivity index (χ2v) is 8.20. The van der Waals surface area contributed by atoms with Crippen molar-refractivity contribution < 1.29 is 9.21 Å². The Kier molecular flexibility index (Phi) is 10.9. The number of carbonyl (C=O) groups is 1. The fraction of sp³-hybridized carbons (Fsp3) is 0.500. The minimum Gasteiger partial charge on any atom is -0.469 e. The van der Waals surface area contributed by atoms with E-state index in [9.17, 15) is 4.79 Å². The lowest BCUT2D eigenvalue weighted by atomic mass is 9.89. The van der Waals surface area contributed by atoms with Crippen LogP contribution in [-0.4, -0.2) is 44.0 Å². The number of nitrogens with one attached hydrogen (secondary N) is 2. The van der Waals surface area contributed by atoms with Gasteiger partial charge in [0.05, 0.1) is 12.8 Å². The van der Waals surface area contributed by atoms with Gasteiger partial charge in [0.1, 0.15) is 5.76 Å². The fourth-order valence-electron chi connectivity index (χ4n) is 3.75. The van der Waals surface area contributed by atoms with Gasteiger partial charge in [-0.05, 0) is 48.6 Å². The highest BCUT2D eigenvalue weighted by Crippen LogP contribution is 2.22. The van der Waals surface area contributed by atoms with E-state index in [0.717, 1.165) is 42.7 Å². The van der Waals surface area contributed by atoms with Gasteiger partial charge in [0, 0.05) is 39.2 Å². The number of rotatable bonds is 8. The zero-order valence-electron chi connectivity index (χ0n) is 18.6. The predicted octanol–water partition coefficient (Wildman–Crippen LogP) is 4.46. The van der Waals surface area contributed by atoms with E-state index >= 15 is 0 Å². The third-order valence-corrected chi connectivity index (χ3v) is 5.55. The first-order valence-electron chi connectivity index (χ1n) is 11.0. The summed E-state index contributed by atoms with van der Waals surface area (Å²) < 4.78 is 5.42. The molecule has 1 amide bonds. The molecule has 6 nitrogen and oxygen atoms in total. The van der Waals surface area contributed by atoms with Gasteiger partial charge < -0.3 is 20.0 Å². The average Bonchev–Trinajstić information content (AvgIpc) is 3.29. The number of amides is 1. The van der Waals surface area contributed by atoms with Gasteiger partial charge in [-0.3, -0.25) is 4.79 Å². The van der Waals surface area contributed by atoms with E-state index in [1.807, 2.05) is 36.4 Å². The molecule has 1 heterocycles. The van der Waals surface area contributed by atoms with Gasteiger partial charge >= 0.3 is 0 Å². The number of guanidine groups is 1. The van der Waals surface area contributed by atoms with E-state index in [2.05, 4.69) is 10.6 Å². The molecule has 31 heavy (non-hydrogen) atoms. The largest absolute Gasteiger partial charge is 0.469 e. The quantitative estimate of drug-likeness (QED) is 0.296. The van der Waals surface area contributed by atoms with Gasteiger partial charge in [-0.25, -0.2) is 4.99 Å². The molecule has 0 spiro atoms. The first-order valence-corrected chi connectivity index (χ1v) is 11.0. The van der Waals surface area contributed by atoms with Crippen LogP contribution in [0.3, 0.4) is 0 Å². The van der Waals surface area contributed by atoms with Crippen molar-refractivity contribution in [3.63, 3.8) is 0 Å². The summed E-state index contributed by atoms with van der Waals surface area (Å²) >= 11 is 0. The Labute approximate surface area is 202 Å². The van der Waals surface area contributed by atoms with E-state index in [0.29, 0.717) is 12.1 Å². The number of furan rings is 1. The summed E-state index contributed by atoms with van der Waals surface area (Å²) in [5.74, 6) is 2.54. The van der Waals surface area contributed by atoms with Crippen LogP contribution in [0.15, 0.2) is 52.1 Å². The standard InChI is InChI=1S/C24H34N4O2.HI/c1-28(2)23(29)21-12-10-20(11-13-21)18-27-24(25-15-14-22-9-6-16-30-22)26-17-19-7-4-3-5-8-19;/h6,9-13,16,19H,3-5,7-8,14-15,17-18H2,1-2H3,(H2,25,26,27);1H. The molecule has 1 aromatic heterocycles. The van der Waals surface area contributed by atoms with Gasteiger partial charge in [-0.2, -0.15) is 0 Å². The lowest BCUT2D eigenvalue weighted by Gasteiger charge is -2.23. The Bertz CT molecular complexity index is 797. The predicted molar refractivity (Wildman–Crippen MR) is 136 cm³/mol. The van der Waals surface area contributed by atoms with Crippen LogP contribution in [-0.2, 0) is 13.0 Å². The third-order valence-electron chi connectivity index (χ3n) is 5.55. The van der Waals surface area contributed by atoms with Crippen LogP contribution >= 0.6 is 24.0 Å². The third kappa shape index (κ3) is 8.55. The minimum atomic E-state index is 0. The van der Waals surface area contributed by atoms with E-state index in [1.54, 1.807) is 25.3 Å². The Hall–Kier alpha value is -2.03. The molecule has 7 heteroatoms. The molecule has 1 aliphatic carbocycles. The molecule has 0 unspecified atom stereocenters. The molecule has 1 saturated carbocycles. The van der Waals surface area contributed by atoms with E-state index in [4.69, 9.17) is 9.41 Å². The van der Waals surface area contributed by atoms with Gasteiger partial charge in [-0.15, -0.1) is 24.0 Å². The van der Waals surface area contributed by atoms with Crippen molar-refractivity contribution in [2.75, 3.05) is 27.2 Å². The molecule has 1 aliphatic rings. The maximum Gasteiger partial charge on any atom is 0.253 e. The summed E-state index contributed by atoms with van der Waals surface area (Å²) in [7, 11) is 3.53. The maximum absolute atomic E-state index is 12.0. The molecular formula is C24H35IN4O2. The monoisotopic (exact) mass is 538 g/mol. The van der Waals surface area contributed by atoms with Crippen LogP contribution < -0.4 is 10.6 Å². The maximum atomic E-state index is 12.0. The Morgan fingerprint density at radius 3 is 2.48 bits per heavy atom. The molecule has 0 saturated heterocycles. The molecule has 1 aromatic carbocycles. The van der Waals surface area contributed by atoms with Crippen LogP contribution in [0.4, 0.5) is 0 Å². The summed E-state index contributed by atoms with van der Waals surface area (Å²) in [6, 6.07) is 11.6. The SMILES string of the molecule is CN(C)C(=O)c1ccc(CN=C(NCCc2ccco2)NCC2CCCCC2)cc1.I. The van der Waals surface area contributed by atoms with Gasteiger partial charge in [0.2, 0.25) is 0 Å². The summed E-state index contributed by atoms with van der Waals surface area (Å²) in [6.45, 7) is 2.29. The molecule has 0 atom stereocenters. The second-order valence-electron chi connectivity index (χ2n) is 8.20. The number of nitrogens with zero attached hydrogens (tertiary/aromatic N) is 2. The average molecular weight is 538 g/mol. The molecule has 0 bridgehead atoms. The summed E-state index contributed by atoms with van der Waals surface area (Å²) in [5, 5.41) is 6.96. The van der Waals surface area contributed by atoms with Crippen molar-refractivity contribution in [3.8, 4) is 0 Å². The topological polar surface area (TPSA) is 69.9 Å². The van der Waals surface area contributed by atoms with E-state index in [1.165, 1.54) is 32.1 Å². The molecule has 170 valence electrons. The minimum absolute atomic E-state index is 0. The fourth-order valence-corrected chi connectivity index (χ4v) is 3.75. The van der Waals surface area contributed by atoms with Crippen LogP contribution in [0.1, 0.15) is 53.8 Å². The van der Waals surface area contributed by atoms with Crippen molar-refractivity contribution >= 4 is 35.8 Å². The Morgan fingerprint density at radius 2 is 1.84 bits per heavy atom. The summed E-state index contributed by atoms with van der Waals surface area (Å²) in [4.78, 5) is 18.4. The molecule has 0 aliphatic heterocycles. The highest BCUT2D eigenvalue weighted by atomic mass is 127. The van der Waals surface area contributed by atoms with Crippen molar-refractivity contribution in [1.29, 1.82) is 0 Å². The molecule has 2 aromatic rings. The van der Waals surface area contributed by atoms with Gasteiger partial charge in [-0.1, -0.05) is 31.4 Å². The highest BCUT2D eigenvalue weighted by molar-refractivity contribution is 14.0. The van der Waals surface area contributed by atoms with Crippen LogP contribution in [0, 0.1) is 5.92 Å².